The summed E-state index contributed by atoms with van der Waals surface area (Å²) in [5.41, 5.74) is -0.303. The summed E-state index contributed by atoms with van der Waals surface area (Å²) in [4.78, 5) is 28.4. The van der Waals surface area contributed by atoms with Gasteiger partial charge in [0.15, 0.2) is 0 Å². The summed E-state index contributed by atoms with van der Waals surface area (Å²) in [6.45, 7) is 0.576. The summed E-state index contributed by atoms with van der Waals surface area (Å²) in [5.74, 6) is 0.505. The number of imidazole rings is 1. The molecule has 0 radical (unpaired) electrons. The molecule has 0 spiro atoms. The highest BCUT2D eigenvalue weighted by atomic mass is 19.4. The predicted molar refractivity (Wildman–Crippen MR) is 110 cm³/mol. The second kappa shape index (κ2) is 9.99. The second-order valence-corrected chi connectivity index (χ2v) is 6.85. The number of aryl methyl sites for hydroxylation is 1. The van der Waals surface area contributed by atoms with Crippen molar-refractivity contribution in [3.63, 3.8) is 0 Å². The molecule has 32 heavy (non-hydrogen) atoms. The smallest absolute Gasteiger partial charge is 0.416 e. The number of hydrogen-bond acceptors (Lipinski definition) is 4. The van der Waals surface area contributed by atoms with Crippen LogP contribution in [-0.2, 0) is 19.8 Å². The fourth-order valence-electron chi connectivity index (χ4n) is 2.75. The van der Waals surface area contributed by atoms with Crippen LogP contribution in [0.5, 0.6) is 5.75 Å². The van der Waals surface area contributed by atoms with E-state index in [1.807, 2.05) is 17.8 Å². The van der Waals surface area contributed by atoms with Crippen LogP contribution in [0.3, 0.4) is 0 Å². The summed E-state index contributed by atoms with van der Waals surface area (Å²) in [6, 6.07) is 10.5. The number of aromatic nitrogens is 2. The first-order valence-corrected chi connectivity index (χ1v) is 9.67. The highest BCUT2D eigenvalue weighted by Gasteiger charge is 2.30. The summed E-state index contributed by atoms with van der Waals surface area (Å²) >= 11 is 0. The lowest BCUT2D eigenvalue weighted by atomic mass is 10.1. The molecule has 0 saturated heterocycles. The van der Waals surface area contributed by atoms with Gasteiger partial charge in [-0.2, -0.15) is 13.2 Å². The fraction of sp³-hybridized carbons (Fsp3) is 0.227. The molecule has 0 aliphatic carbocycles. The molecule has 1 heterocycles. The van der Waals surface area contributed by atoms with Gasteiger partial charge in [0.25, 0.3) is 11.8 Å². The van der Waals surface area contributed by atoms with E-state index in [4.69, 9.17) is 4.74 Å². The van der Waals surface area contributed by atoms with Gasteiger partial charge in [0.2, 0.25) is 0 Å². The third-order valence-electron chi connectivity index (χ3n) is 4.58. The summed E-state index contributed by atoms with van der Waals surface area (Å²) in [5, 5.41) is 5.20. The molecule has 7 nitrogen and oxygen atoms in total. The maximum Gasteiger partial charge on any atom is 0.416 e. The van der Waals surface area contributed by atoms with E-state index in [0.717, 1.165) is 30.1 Å². The first-order chi connectivity index (χ1) is 15.2. The molecule has 168 valence electrons. The van der Waals surface area contributed by atoms with Gasteiger partial charge in [0, 0.05) is 43.7 Å². The molecule has 0 aliphatic rings. The lowest BCUT2D eigenvalue weighted by Crippen LogP contribution is -2.34. The van der Waals surface area contributed by atoms with Crippen molar-refractivity contribution >= 4 is 11.8 Å². The monoisotopic (exact) mass is 446 g/mol. The van der Waals surface area contributed by atoms with Crippen LogP contribution in [0.25, 0.3) is 0 Å². The molecule has 2 amide bonds. The van der Waals surface area contributed by atoms with Crippen molar-refractivity contribution in [2.24, 2.45) is 7.05 Å². The van der Waals surface area contributed by atoms with Crippen LogP contribution < -0.4 is 15.4 Å². The number of hydrogen-bond donors (Lipinski definition) is 2. The van der Waals surface area contributed by atoms with Crippen molar-refractivity contribution in [3.8, 4) is 5.75 Å². The van der Waals surface area contributed by atoms with Crippen LogP contribution >= 0.6 is 0 Å². The van der Waals surface area contributed by atoms with Crippen LogP contribution in [0.2, 0.25) is 0 Å². The number of ether oxygens (including phenoxy) is 1. The van der Waals surface area contributed by atoms with Crippen molar-refractivity contribution in [2.75, 3.05) is 13.1 Å². The SMILES string of the molecule is Cn1ccnc1COc1ccc(C(=O)NCCNC(=O)c2ccc(C(F)(F)F)cc2)cc1. The van der Waals surface area contributed by atoms with Gasteiger partial charge in [-0.3, -0.25) is 9.59 Å². The molecule has 3 rings (SSSR count). The van der Waals surface area contributed by atoms with E-state index < -0.39 is 17.6 Å². The van der Waals surface area contributed by atoms with Crippen LogP contribution in [-0.4, -0.2) is 34.5 Å². The Bertz CT molecular complexity index is 1060. The number of nitrogens with one attached hydrogen (secondary N) is 2. The molecule has 0 bridgehead atoms. The molecule has 2 aromatic carbocycles. The molecule has 0 unspecified atom stereocenters. The first kappa shape index (κ1) is 22.9. The third kappa shape index (κ3) is 6.10. The molecule has 10 heteroatoms. The Morgan fingerprint density at radius 3 is 1.94 bits per heavy atom. The average molecular weight is 446 g/mol. The van der Waals surface area contributed by atoms with Gasteiger partial charge < -0.3 is 19.9 Å². The quantitative estimate of drug-likeness (QED) is 0.521. The molecule has 0 aliphatic heterocycles. The van der Waals surface area contributed by atoms with E-state index in [2.05, 4.69) is 15.6 Å². The van der Waals surface area contributed by atoms with Crippen molar-refractivity contribution < 1.29 is 27.5 Å². The fourth-order valence-corrected chi connectivity index (χ4v) is 2.75. The number of benzene rings is 2. The Balaban J connectivity index is 1.40. The Morgan fingerprint density at radius 1 is 0.938 bits per heavy atom. The second-order valence-electron chi connectivity index (χ2n) is 6.85. The van der Waals surface area contributed by atoms with Crippen molar-refractivity contribution in [1.82, 2.24) is 20.2 Å². The molecular formula is C22H21F3N4O3. The van der Waals surface area contributed by atoms with E-state index in [1.165, 1.54) is 0 Å². The Kier molecular flexibility index (Phi) is 7.14. The van der Waals surface area contributed by atoms with Gasteiger partial charge in [-0.1, -0.05) is 0 Å². The minimum Gasteiger partial charge on any atom is -0.486 e. The molecule has 0 fully saturated rings. The minimum absolute atomic E-state index is 0.102. The van der Waals surface area contributed by atoms with Gasteiger partial charge in [0.05, 0.1) is 5.56 Å². The van der Waals surface area contributed by atoms with E-state index in [1.54, 1.807) is 30.5 Å². The number of carbonyl (C=O) groups excluding carboxylic acids is 2. The zero-order chi connectivity index (χ0) is 23.1. The normalized spacial score (nSPS) is 11.1. The van der Waals surface area contributed by atoms with E-state index in [9.17, 15) is 22.8 Å². The average Bonchev–Trinajstić information content (AvgIpc) is 3.19. The Hall–Kier alpha value is -3.82. The van der Waals surface area contributed by atoms with Crippen molar-refractivity contribution in [1.29, 1.82) is 0 Å². The maximum absolute atomic E-state index is 12.6. The maximum atomic E-state index is 12.6. The van der Waals surface area contributed by atoms with Crippen LogP contribution in [0.4, 0.5) is 13.2 Å². The van der Waals surface area contributed by atoms with Crippen molar-refractivity contribution in [3.05, 3.63) is 83.4 Å². The molecule has 3 aromatic rings. The lowest BCUT2D eigenvalue weighted by molar-refractivity contribution is -0.137. The van der Waals surface area contributed by atoms with Crippen LogP contribution in [0, 0.1) is 0 Å². The number of carbonyl (C=O) groups is 2. The molecule has 1 aromatic heterocycles. The highest BCUT2D eigenvalue weighted by Crippen LogP contribution is 2.29. The van der Waals surface area contributed by atoms with E-state index in [-0.39, 0.29) is 24.6 Å². The molecule has 2 N–H and O–H groups in total. The van der Waals surface area contributed by atoms with Gasteiger partial charge in [0.1, 0.15) is 18.2 Å². The molecule has 0 saturated carbocycles. The van der Waals surface area contributed by atoms with Crippen LogP contribution in [0.15, 0.2) is 60.9 Å². The standard InChI is InChI=1S/C22H21F3N4O3/c1-29-13-12-26-19(29)14-32-18-8-4-16(5-9-18)21(31)28-11-10-27-20(30)15-2-6-17(7-3-15)22(23,24)25/h2-9,12-13H,10-11,14H2,1H3,(H,27,30)(H,28,31). The minimum atomic E-state index is -4.46. The predicted octanol–water partition coefficient (Wildman–Crippen LogP) is 3.18. The topological polar surface area (TPSA) is 85.2 Å². The zero-order valence-corrected chi connectivity index (χ0v) is 17.1. The van der Waals surface area contributed by atoms with Gasteiger partial charge >= 0.3 is 6.18 Å². The number of nitrogens with zero attached hydrogens (tertiary/aromatic N) is 2. The van der Waals surface area contributed by atoms with E-state index in [0.29, 0.717) is 17.9 Å². The number of rotatable bonds is 8. The Labute approximate surface area is 182 Å². The zero-order valence-electron chi connectivity index (χ0n) is 17.1. The summed E-state index contributed by atoms with van der Waals surface area (Å²) < 4.78 is 45.2. The van der Waals surface area contributed by atoms with Gasteiger partial charge in [-0.15, -0.1) is 0 Å². The number of amides is 2. The van der Waals surface area contributed by atoms with Gasteiger partial charge in [-0.05, 0) is 48.5 Å². The number of halogens is 3. The molecular weight excluding hydrogens is 425 g/mol. The Morgan fingerprint density at radius 2 is 1.47 bits per heavy atom. The van der Waals surface area contributed by atoms with Gasteiger partial charge in [-0.25, -0.2) is 4.98 Å². The summed E-state index contributed by atoms with van der Waals surface area (Å²) in [6.07, 6.45) is -0.960. The first-order valence-electron chi connectivity index (χ1n) is 9.67. The molecule has 0 atom stereocenters. The van der Waals surface area contributed by atoms with Crippen LogP contribution in [0.1, 0.15) is 32.1 Å². The third-order valence-corrected chi connectivity index (χ3v) is 4.58. The van der Waals surface area contributed by atoms with Crippen molar-refractivity contribution in [2.45, 2.75) is 12.8 Å². The van der Waals surface area contributed by atoms with E-state index >= 15 is 0 Å². The largest absolute Gasteiger partial charge is 0.486 e. The highest BCUT2D eigenvalue weighted by molar-refractivity contribution is 5.95. The lowest BCUT2D eigenvalue weighted by Gasteiger charge is -2.10. The summed E-state index contributed by atoms with van der Waals surface area (Å²) in [7, 11) is 1.87. The number of alkyl halides is 3.